The highest BCUT2D eigenvalue weighted by Gasteiger charge is 2.41. The van der Waals surface area contributed by atoms with Crippen LogP contribution in [0.2, 0.25) is 36.3 Å². The van der Waals surface area contributed by atoms with Gasteiger partial charge < -0.3 is 4.12 Å². The summed E-state index contributed by atoms with van der Waals surface area (Å²) >= 11 is 0. The van der Waals surface area contributed by atoms with Crippen molar-refractivity contribution < 1.29 is 12.9 Å². The second-order valence-corrected chi connectivity index (χ2v) is 14.1. The molecular formula is C12H28F2OSi2. The first-order valence-corrected chi connectivity index (χ1v) is 12.0. The third-order valence-corrected chi connectivity index (χ3v) is 14.9. The third kappa shape index (κ3) is 4.79. The van der Waals surface area contributed by atoms with Crippen LogP contribution in [0.5, 0.6) is 0 Å². The van der Waals surface area contributed by atoms with E-state index in [-0.39, 0.29) is 13.3 Å². The van der Waals surface area contributed by atoms with E-state index in [1.807, 2.05) is 0 Å². The predicted molar refractivity (Wildman–Crippen MR) is 76.1 cm³/mol. The fraction of sp³-hybridized carbons (Fsp3) is 1.00. The third-order valence-electron chi connectivity index (χ3n) is 4.11. The number of hydrogen-bond donors (Lipinski definition) is 0. The highest BCUT2D eigenvalue weighted by molar-refractivity contribution is 6.87. The van der Waals surface area contributed by atoms with Crippen molar-refractivity contribution in [2.75, 3.05) is 13.3 Å². The molecule has 0 aliphatic heterocycles. The lowest BCUT2D eigenvalue weighted by molar-refractivity contribution is 0.450. The van der Waals surface area contributed by atoms with Crippen molar-refractivity contribution in [3.63, 3.8) is 0 Å². The summed E-state index contributed by atoms with van der Waals surface area (Å²) in [5, 5.41) is 0. The van der Waals surface area contributed by atoms with Crippen LogP contribution in [0.25, 0.3) is 0 Å². The number of halogens is 2. The minimum absolute atomic E-state index is 0.290. The molecule has 0 amide bonds. The maximum absolute atomic E-state index is 12.7. The van der Waals surface area contributed by atoms with Crippen LogP contribution in [0.4, 0.5) is 8.78 Å². The average Bonchev–Trinajstić information content (AvgIpc) is 2.37. The first-order valence-electron chi connectivity index (χ1n) is 6.89. The van der Waals surface area contributed by atoms with Crippen LogP contribution in [0.3, 0.4) is 0 Å². The number of hydrogen-bond acceptors (Lipinski definition) is 1. The SMILES string of the molecule is CC[Si](CC)(CCF)O[Si](CC)(CC)CCF. The van der Waals surface area contributed by atoms with E-state index < -0.39 is 16.6 Å². The summed E-state index contributed by atoms with van der Waals surface area (Å²) in [4.78, 5) is 0. The fourth-order valence-corrected chi connectivity index (χ4v) is 12.3. The molecule has 0 aliphatic carbocycles. The zero-order chi connectivity index (χ0) is 13.4. The van der Waals surface area contributed by atoms with Gasteiger partial charge >= 0.3 is 0 Å². The van der Waals surface area contributed by atoms with Crippen LogP contribution in [-0.2, 0) is 4.12 Å². The zero-order valence-corrected chi connectivity index (χ0v) is 13.8. The predicted octanol–water partition coefficient (Wildman–Crippen LogP) is 4.91. The van der Waals surface area contributed by atoms with Gasteiger partial charge in [0, 0.05) is 0 Å². The Labute approximate surface area is 107 Å². The van der Waals surface area contributed by atoms with E-state index in [9.17, 15) is 8.78 Å². The van der Waals surface area contributed by atoms with E-state index in [4.69, 9.17) is 4.12 Å². The highest BCUT2D eigenvalue weighted by Crippen LogP contribution is 2.32. The summed E-state index contributed by atoms with van der Waals surface area (Å²) < 4.78 is 32.0. The quantitative estimate of drug-likeness (QED) is 0.517. The van der Waals surface area contributed by atoms with Crippen molar-refractivity contribution >= 4 is 16.6 Å². The first-order chi connectivity index (χ1) is 8.07. The van der Waals surface area contributed by atoms with Gasteiger partial charge in [-0.25, -0.2) is 0 Å². The maximum atomic E-state index is 12.7. The van der Waals surface area contributed by atoms with Crippen LogP contribution in [0, 0.1) is 0 Å². The molecule has 0 aromatic heterocycles. The molecular weight excluding hydrogens is 254 g/mol. The highest BCUT2D eigenvalue weighted by atomic mass is 28.4. The monoisotopic (exact) mass is 282 g/mol. The van der Waals surface area contributed by atoms with Gasteiger partial charge in [0.15, 0.2) is 16.6 Å². The van der Waals surface area contributed by atoms with E-state index in [0.717, 1.165) is 24.2 Å². The Morgan fingerprint density at radius 1 is 0.706 bits per heavy atom. The Kier molecular flexibility index (Phi) is 8.50. The molecule has 5 heteroatoms. The van der Waals surface area contributed by atoms with E-state index in [0.29, 0.717) is 12.1 Å². The molecule has 0 aromatic rings. The van der Waals surface area contributed by atoms with Crippen molar-refractivity contribution in [3.8, 4) is 0 Å². The van der Waals surface area contributed by atoms with Gasteiger partial charge in [-0.1, -0.05) is 27.7 Å². The standard InChI is InChI=1S/C12H28F2OSi2/c1-5-16(6-2,11-9-13)15-17(7-3,8-4)12-10-14/h5-12H2,1-4H3. The lowest BCUT2D eigenvalue weighted by atomic mass is 10.9. The summed E-state index contributed by atoms with van der Waals surface area (Å²) in [6.45, 7) is 7.83. The second kappa shape index (κ2) is 8.37. The molecule has 0 heterocycles. The lowest BCUT2D eigenvalue weighted by Gasteiger charge is -2.40. The molecule has 0 bridgehead atoms. The molecule has 0 atom stereocenters. The molecule has 17 heavy (non-hydrogen) atoms. The summed E-state index contributed by atoms with van der Waals surface area (Å²) in [7, 11) is -3.88. The molecule has 0 saturated carbocycles. The molecule has 0 radical (unpaired) electrons. The van der Waals surface area contributed by atoms with Crippen LogP contribution in [0.15, 0.2) is 0 Å². The molecule has 0 rings (SSSR count). The van der Waals surface area contributed by atoms with E-state index in [1.54, 1.807) is 0 Å². The summed E-state index contributed by atoms with van der Waals surface area (Å²) in [6.07, 6.45) is 0. The number of rotatable bonds is 10. The van der Waals surface area contributed by atoms with Crippen molar-refractivity contribution in [1.29, 1.82) is 0 Å². The maximum Gasteiger partial charge on any atom is 0.181 e. The van der Waals surface area contributed by atoms with Crippen LogP contribution in [0.1, 0.15) is 27.7 Å². The zero-order valence-electron chi connectivity index (χ0n) is 11.8. The summed E-state index contributed by atoms with van der Waals surface area (Å²) in [6, 6.07) is 4.98. The Hall–Kier alpha value is 0.254. The van der Waals surface area contributed by atoms with Crippen LogP contribution in [-0.4, -0.2) is 30.0 Å². The van der Waals surface area contributed by atoms with E-state index in [1.165, 1.54) is 0 Å². The van der Waals surface area contributed by atoms with Gasteiger partial charge in [-0.2, -0.15) is 0 Å². The van der Waals surface area contributed by atoms with Gasteiger partial charge in [-0.05, 0) is 36.3 Å². The van der Waals surface area contributed by atoms with Crippen LogP contribution < -0.4 is 0 Å². The fourth-order valence-electron chi connectivity index (χ4n) is 2.40. The topological polar surface area (TPSA) is 9.23 Å². The summed E-state index contributed by atoms with van der Waals surface area (Å²) in [5.41, 5.74) is 0. The van der Waals surface area contributed by atoms with Crippen molar-refractivity contribution in [2.45, 2.75) is 64.0 Å². The van der Waals surface area contributed by atoms with Crippen molar-refractivity contribution in [3.05, 3.63) is 0 Å². The van der Waals surface area contributed by atoms with Gasteiger partial charge in [0.1, 0.15) is 0 Å². The normalized spacial score (nSPS) is 13.1. The van der Waals surface area contributed by atoms with Gasteiger partial charge in [0.25, 0.3) is 0 Å². The largest absolute Gasteiger partial charge is 0.455 e. The molecule has 0 fully saturated rings. The Bertz CT molecular complexity index is 175. The molecule has 0 unspecified atom stereocenters. The van der Waals surface area contributed by atoms with Gasteiger partial charge in [0.2, 0.25) is 0 Å². The molecule has 1 nitrogen and oxygen atoms in total. The molecule has 104 valence electrons. The Morgan fingerprint density at radius 2 is 1.00 bits per heavy atom. The molecule has 0 aliphatic rings. The van der Waals surface area contributed by atoms with Crippen LogP contribution >= 0.6 is 0 Å². The molecule has 0 spiro atoms. The molecule has 0 saturated heterocycles. The van der Waals surface area contributed by atoms with E-state index >= 15 is 0 Å². The average molecular weight is 283 g/mol. The number of alkyl halides is 2. The van der Waals surface area contributed by atoms with Crippen molar-refractivity contribution in [1.82, 2.24) is 0 Å². The molecule has 0 aromatic carbocycles. The molecule has 0 N–H and O–H groups in total. The minimum atomic E-state index is -1.94. The summed E-state index contributed by atoms with van der Waals surface area (Å²) in [5.74, 6) is 0. The Balaban J connectivity index is 4.89. The van der Waals surface area contributed by atoms with Gasteiger partial charge in [-0.15, -0.1) is 0 Å². The van der Waals surface area contributed by atoms with Gasteiger partial charge in [-0.3, -0.25) is 8.78 Å². The first kappa shape index (κ1) is 17.3. The second-order valence-electron chi connectivity index (χ2n) is 4.76. The minimum Gasteiger partial charge on any atom is -0.455 e. The lowest BCUT2D eigenvalue weighted by Crippen LogP contribution is -2.51. The van der Waals surface area contributed by atoms with E-state index in [2.05, 4.69) is 27.7 Å². The smallest absolute Gasteiger partial charge is 0.181 e. The Morgan fingerprint density at radius 3 is 1.18 bits per heavy atom. The van der Waals surface area contributed by atoms with Gasteiger partial charge in [0.05, 0.1) is 13.3 Å². The van der Waals surface area contributed by atoms with Crippen molar-refractivity contribution in [2.24, 2.45) is 0 Å².